The minimum Gasteiger partial charge on any atom is -0.497 e. The third kappa shape index (κ3) is 5.63. The van der Waals surface area contributed by atoms with Crippen LogP contribution in [0.15, 0.2) is 36.4 Å². The zero-order valence-electron chi connectivity index (χ0n) is 28.4. The normalized spacial score (nSPS) is 25.6. The van der Waals surface area contributed by atoms with Gasteiger partial charge < -0.3 is 28.4 Å². The van der Waals surface area contributed by atoms with Gasteiger partial charge in [-0.2, -0.15) is 12.7 Å². The Kier molecular flexibility index (Phi) is 8.39. The highest BCUT2D eigenvalue weighted by Crippen LogP contribution is 2.53. The van der Waals surface area contributed by atoms with Gasteiger partial charge in [0.2, 0.25) is 0 Å². The van der Waals surface area contributed by atoms with Crippen molar-refractivity contribution in [1.29, 1.82) is 0 Å². The number of fused-ring (bicyclic) bond motifs is 7. The Bertz CT molecular complexity index is 1940. The number of carbonyl (C=O) groups excluding carboxylic acids is 3. The molecule has 0 bridgehead atoms. The maximum absolute atomic E-state index is 14.9. The van der Waals surface area contributed by atoms with Crippen molar-refractivity contribution in [3.63, 3.8) is 0 Å². The van der Waals surface area contributed by atoms with E-state index in [2.05, 4.69) is 4.72 Å². The van der Waals surface area contributed by atoms with Crippen molar-refractivity contribution >= 4 is 39.1 Å². The van der Waals surface area contributed by atoms with E-state index in [0.717, 1.165) is 58.6 Å². The number of benzene rings is 2. The molecule has 14 heteroatoms. The third-order valence-electron chi connectivity index (χ3n) is 10.2. The van der Waals surface area contributed by atoms with Crippen molar-refractivity contribution in [1.82, 2.24) is 18.5 Å². The smallest absolute Gasteiger partial charge is 0.497 e. The largest absolute Gasteiger partial charge is 0.510 e. The predicted octanol–water partition coefficient (Wildman–Crippen LogP) is 4.50. The second-order valence-corrected chi connectivity index (χ2v) is 15.7. The summed E-state index contributed by atoms with van der Waals surface area (Å²) in [5.41, 5.74) is 2.22. The SMILES string of the molecule is COc1ccc2c(c1)C1OC(=O)OC1(C(=O)N1C[C@@H](C)O[C@@H](C)C1)Cn1c-2c(C2CCCCC2)c2ccc(C(=O)NS(=O)(=O)N(C)C)cc21. The van der Waals surface area contributed by atoms with Crippen molar-refractivity contribution in [3.8, 4) is 17.0 Å². The van der Waals surface area contributed by atoms with Crippen LogP contribution in [0, 0.1) is 0 Å². The molecular formula is C35H42N4O9S. The second-order valence-electron chi connectivity index (χ2n) is 13.8. The minimum absolute atomic E-state index is 0.0982. The molecule has 49 heavy (non-hydrogen) atoms. The van der Waals surface area contributed by atoms with Crippen molar-refractivity contribution in [2.75, 3.05) is 34.3 Å². The number of rotatable bonds is 6. The molecule has 4 aliphatic rings. The molecule has 4 atom stereocenters. The number of methoxy groups -OCH3 is 1. The summed E-state index contributed by atoms with van der Waals surface area (Å²) in [6.45, 7) is 4.30. The van der Waals surface area contributed by atoms with Gasteiger partial charge in [0, 0.05) is 54.8 Å². The lowest BCUT2D eigenvalue weighted by atomic mass is 9.80. The van der Waals surface area contributed by atoms with Gasteiger partial charge in [-0.3, -0.25) is 9.59 Å². The molecule has 1 aliphatic carbocycles. The molecule has 3 aromatic rings. The average Bonchev–Trinajstić information content (AvgIpc) is 3.54. The minimum atomic E-state index is -4.06. The highest BCUT2D eigenvalue weighted by Gasteiger charge is 2.62. The average molecular weight is 695 g/mol. The molecule has 0 spiro atoms. The highest BCUT2D eigenvalue weighted by atomic mass is 32.2. The zero-order chi connectivity index (χ0) is 34.8. The first-order valence-corrected chi connectivity index (χ1v) is 18.2. The van der Waals surface area contributed by atoms with Crippen LogP contribution < -0.4 is 9.46 Å². The highest BCUT2D eigenvalue weighted by molar-refractivity contribution is 7.87. The summed E-state index contributed by atoms with van der Waals surface area (Å²) in [6, 6.07) is 10.7. The summed E-state index contributed by atoms with van der Waals surface area (Å²) < 4.78 is 53.7. The van der Waals surface area contributed by atoms with Crippen molar-refractivity contribution < 1.29 is 41.7 Å². The van der Waals surface area contributed by atoms with Crippen LogP contribution in [0.5, 0.6) is 5.75 Å². The summed E-state index contributed by atoms with van der Waals surface area (Å²) in [5.74, 6) is -0.481. The molecule has 262 valence electrons. The van der Waals surface area contributed by atoms with Gasteiger partial charge in [0.15, 0.2) is 6.10 Å². The van der Waals surface area contributed by atoms with Crippen LogP contribution >= 0.6 is 0 Å². The molecule has 1 N–H and O–H groups in total. The maximum Gasteiger partial charge on any atom is 0.510 e. The summed E-state index contributed by atoms with van der Waals surface area (Å²) in [6.07, 6.45) is 2.66. The van der Waals surface area contributed by atoms with Crippen LogP contribution in [0.1, 0.15) is 79.5 Å². The Balaban J connectivity index is 1.49. The molecule has 2 amide bonds. The Morgan fingerprint density at radius 2 is 1.73 bits per heavy atom. The van der Waals surface area contributed by atoms with Crippen LogP contribution in [-0.2, 0) is 35.8 Å². The van der Waals surface area contributed by atoms with Crippen molar-refractivity contribution in [2.45, 2.75) is 82.3 Å². The van der Waals surface area contributed by atoms with E-state index in [1.54, 1.807) is 30.2 Å². The van der Waals surface area contributed by atoms with Crippen molar-refractivity contribution in [2.24, 2.45) is 0 Å². The number of nitrogens with one attached hydrogen (secondary N) is 1. The maximum atomic E-state index is 14.9. The number of aromatic nitrogens is 1. The fraction of sp³-hybridized carbons (Fsp3) is 0.514. The molecule has 7 rings (SSSR count). The van der Waals surface area contributed by atoms with Crippen LogP contribution in [-0.4, -0.2) is 92.3 Å². The first kappa shape index (κ1) is 33.4. The fourth-order valence-electron chi connectivity index (χ4n) is 8.06. The Morgan fingerprint density at radius 3 is 2.41 bits per heavy atom. The summed E-state index contributed by atoms with van der Waals surface area (Å²) in [7, 11) is 0.165. The number of nitrogens with zero attached hydrogens (tertiary/aromatic N) is 3. The molecule has 1 aromatic heterocycles. The Morgan fingerprint density at radius 1 is 1.02 bits per heavy atom. The lowest BCUT2D eigenvalue weighted by molar-refractivity contribution is -0.164. The first-order valence-electron chi connectivity index (χ1n) is 16.8. The Hall–Kier alpha value is -4.14. The number of hydrogen-bond acceptors (Lipinski definition) is 9. The number of carbonyl (C=O) groups is 3. The van der Waals surface area contributed by atoms with E-state index in [9.17, 15) is 22.8 Å². The van der Waals surface area contributed by atoms with Crippen molar-refractivity contribution in [3.05, 3.63) is 53.1 Å². The molecule has 2 saturated heterocycles. The molecule has 0 radical (unpaired) electrons. The predicted molar refractivity (Wildman–Crippen MR) is 179 cm³/mol. The topological polar surface area (TPSA) is 146 Å². The number of ether oxygens (including phenoxy) is 4. The van der Waals surface area contributed by atoms with E-state index >= 15 is 0 Å². The lowest BCUT2D eigenvalue weighted by Gasteiger charge is -2.40. The summed E-state index contributed by atoms with van der Waals surface area (Å²) in [4.78, 5) is 43.1. The first-order chi connectivity index (χ1) is 23.3. The van der Waals surface area contributed by atoms with Crippen LogP contribution in [0.2, 0.25) is 0 Å². The van der Waals surface area contributed by atoms with Crippen LogP contribution in [0.25, 0.3) is 22.2 Å². The van der Waals surface area contributed by atoms with Gasteiger partial charge in [-0.15, -0.1) is 0 Å². The van der Waals surface area contributed by atoms with Gasteiger partial charge in [0.1, 0.15) is 5.75 Å². The van der Waals surface area contributed by atoms with E-state index in [-0.39, 0.29) is 30.2 Å². The van der Waals surface area contributed by atoms with Crippen LogP contribution in [0.4, 0.5) is 4.79 Å². The van der Waals surface area contributed by atoms with E-state index < -0.39 is 39.9 Å². The molecule has 2 unspecified atom stereocenters. The third-order valence-corrected chi connectivity index (χ3v) is 11.6. The molecule has 1 saturated carbocycles. The van der Waals surface area contributed by atoms with Gasteiger partial charge in [0.05, 0.1) is 31.6 Å². The quantitative estimate of drug-likeness (QED) is 0.369. The van der Waals surface area contributed by atoms with Crippen LogP contribution in [0.3, 0.4) is 0 Å². The number of amides is 2. The zero-order valence-corrected chi connectivity index (χ0v) is 29.2. The van der Waals surface area contributed by atoms with Gasteiger partial charge in [-0.05, 0) is 68.5 Å². The second kappa shape index (κ2) is 12.3. The molecular weight excluding hydrogens is 652 g/mol. The standard InChI is InChI=1S/C35H42N4O9S/c1-20-17-38(18-21(2)46-20)33(41)35-19-39-28-15-23(32(40)36-49(43,44)37(3)4)11-13-26(28)29(22-9-7-6-8-10-22)30(39)25-14-12-24(45-5)16-27(25)31(35)47-34(42)48-35/h11-16,20-22,31H,6-10,17-19H2,1-5H3,(H,36,40)/t20-,21+,31?,35?. The van der Waals surface area contributed by atoms with E-state index in [1.807, 2.05) is 36.6 Å². The fourth-order valence-corrected chi connectivity index (χ4v) is 8.60. The van der Waals surface area contributed by atoms with Gasteiger partial charge in [-0.25, -0.2) is 9.52 Å². The van der Waals surface area contributed by atoms with E-state index in [4.69, 9.17) is 18.9 Å². The van der Waals surface area contributed by atoms with E-state index in [0.29, 0.717) is 29.9 Å². The number of morpholine rings is 1. The molecule has 3 aliphatic heterocycles. The summed E-state index contributed by atoms with van der Waals surface area (Å²) in [5, 5.41) is 0.885. The Labute approximate surface area is 285 Å². The monoisotopic (exact) mass is 694 g/mol. The van der Waals surface area contributed by atoms with Gasteiger partial charge in [0.25, 0.3) is 17.4 Å². The molecule has 13 nitrogen and oxygen atoms in total. The molecule has 2 aromatic carbocycles. The lowest BCUT2D eigenvalue weighted by Crippen LogP contribution is -2.58. The number of hydrogen-bond donors (Lipinski definition) is 1. The van der Waals surface area contributed by atoms with Gasteiger partial charge in [-0.1, -0.05) is 25.3 Å². The summed E-state index contributed by atoms with van der Waals surface area (Å²) >= 11 is 0. The molecule has 4 heterocycles. The van der Waals surface area contributed by atoms with Gasteiger partial charge >= 0.3 is 16.4 Å². The molecule has 3 fully saturated rings. The van der Waals surface area contributed by atoms with E-state index in [1.165, 1.54) is 14.1 Å².